The summed E-state index contributed by atoms with van der Waals surface area (Å²) in [7, 11) is 3.35. The second kappa shape index (κ2) is 6.36. The second-order valence-electron chi connectivity index (χ2n) is 5.66. The maximum atomic E-state index is 12.9. The van der Waals surface area contributed by atoms with Crippen molar-refractivity contribution in [2.45, 2.75) is 18.8 Å². The van der Waals surface area contributed by atoms with E-state index in [1.807, 2.05) is 11.7 Å². The van der Waals surface area contributed by atoms with Crippen molar-refractivity contribution in [1.82, 2.24) is 24.6 Å². The van der Waals surface area contributed by atoms with Crippen LogP contribution in [-0.2, 0) is 12.7 Å². The topological polar surface area (TPSA) is 70.9 Å². The first-order chi connectivity index (χ1) is 11.8. The summed E-state index contributed by atoms with van der Waals surface area (Å²) >= 11 is 0. The normalized spacial score (nSPS) is 17.9. The highest BCUT2D eigenvalue weighted by Gasteiger charge is 2.35. The molecule has 1 aliphatic heterocycles. The lowest BCUT2D eigenvalue weighted by molar-refractivity contribution is -0.137. The number of likely N-dealkylation sites (N-methyl/N-ethyl adjacent to an activating group) is 1. The molecular weight excluding hydrogens is 335 g/mol. The van der Waals surface area contributed by atoms with Gasteiger partial charge in [0.15, 0.2) is 0 Å². The van der Waals surface area contributed by atoms with Gasteiger partial charge in [-0.2, -0.15) is 23.3 Å². The Kier molecular flexibility index (Phi) is 4.38. The quantitative estimate of drug-likeness (QED) is 0.824. The summed E-state index contributed by atoms with van der Waals surface area (Å²) in [5.41, 5.74) is 0.595. The number of halogens is 3. The molecule has 1 atom stereocenters. The average molecular weight is 353 g/mol. The van der Waals surface area contributed by atoms with E-state index in [0.29, 0.717) is 12.2 Å². The first kappa shape index (κ1) is 17.2. The predicted octanol–water partition coefficient (Wildman–Crippen LogP) is 2.65. The molecule has 0 saturated carbocycles. The minimum absolute atomic E-state index is 0.0584. The Morgan fingerprint density at radius 3 is 2.72 bits per heavy atom. The summed E-state index contributed by atoms with van der Waals surface area (Å²) in [6, 6.07) is -0.0584. The zero-order valence-electron chi connectivity index (χ0n) is 13.8. The first-order valence-corrected chi connectivity index (χ1v) is 7.62. The molecule has 0 fully saturated rings. The number of rotatable bonds is 4. The maximum Gasteiger partial charge on any atom is 0.421 e. The van der Waals surface area contributed by atoms with Gasteiger partial charge in [0.2, 0.25) is 5.95 Å². The molecule has 2 N–H and O–H groups in total. The zero-order chi connectivity index (χ0) is 18.2. The SMILES string of the molecule is C=CC1c2c(Nc3ncc(C(F)(F)F)c(NC)n3)cnn2CCN1C. The van der Waals surface area contributed by atoms with Crippen LogP contribution in [0.1, 0.15) is 17.3 Å². The molecule has 2 aromatic heterocycles. The minimum Gasteiger partial charge on any atom is -0.372 e. The Labute approximate surface area is 142 Å². The number of nitrogens with zero attached hydrogens (tertiary/aromatic N) is 5. The number of anilines is 3. The molecule has 0 aliphatic carbocycles. The Balaban J connectivity index is 1.94. The highest BCUT2D eigenvalue weighted by Crippen LogP contribution is 2.35. The molecule has 7 nitrogen and oxygen atoms in total. The average Bonchev–Trinajstić information content (AvgIpc) is 2.96. The third-order valence-corrected chi connectivity index (χ3v) is 4.10. The van der Waals surface area contributed by atoms with E-state index in [4.69, 9.17) is 0 Å². The number of hydrogen-bond acceptors (Lipinski definition) is 6. The largest absolute Gasteiger partial charge is 0.421 e. The van der Waals surface area contributed by atoms with Crippen molar-refractivity contribution < 1.29 is 13.2 Å². The summed E-state index contributed by atoms with van der Waals surface area (Å²) in [6.45, 7) is 5.39. The van der Waals surface area contributed by atoms with E-state index < -0.39 is 11.7 Å². The molecule has 0 saturated heterocycles. The van der Waals surface area contributed by atoms with E-state index in [2.05, 4.69) is 37.2 Å². The number of nitrogens with one attached hydrogen (secondary N) is 2. The van der Waals surface area contributed by atoms with Crippen LogP contribution in [0.4, 0.5) is 30.6 Å². The van der Waals surface area contributed by atoms with E-state index >= 15 is 0 Å². The van der Waals surface area contributed by atoms with Crippen molar-refractivity contribution >= 4 is 17.5 Å². The second-order valence-corrected chi connectivity index (χ2v) is 5.66. The van der Waals surface area contributed by atoms with Gasteiger partial charge in [-0.15, -0.1) is 6.58 Å². The van der Waals surface area contributed by atoms with Gasteiger partial charge in [0.1, 0.15) is 11.4 Å². The van der Waals surface area contributed by atoms with Crippen LogP contribution in [0, 0.1) is 0 Å². The summed E-state index contributed by atoms with van der Waals surface area (Å²) in [4.78, 5) is 9.82. The Morgan fingerprint density at radius 2 is 2.08 bits per heavy atom. The van der Waals surface area contributed by atoms with Crippen molar-refractivity contribution in [3.8, 4) is 0 Å². The molecule has 1 aliphatic rings. The molecule has 1 unspecified atom stereocenters. The van der Waals surface area contributed by atoms with Crippen LogP contribution in [0.3, 0.4) is 0 Å². The van der Waals surface area contributed by atoms with Crippen molar-refractivity contribution in [1.29, 1.82) is 0 Å². The molecular formula is C15H18F3N7. The first-order valence-electron chi connectivity index (χ1n) is 7.62. The molecule has 2 aromatic rings. The third kappa shape index (κ3) is 3.16. The molecule has 3 heterocycles. The molecule has 134 valence electrons. The van der Waals surface area contributed by atoms with Crippen molar-refractivity contribution in [2.24, 2.45) is 0 Å². The lowest BCUT2D eigenvalue weighted by Gasteiger charge is -2.31. The van der Waals surface area contributed by atoms with E-state index in [0.717, 1.165) is 18.4 Å². The van der Waals surface area contributed by atoms with Gasteiger partial charge in [-0.1, -0.05) is 6.08 Å². The fourth-order valence-corrected chi connectivity index (χ4v) is 2.83. The van der Waals surface area contributed by atoms with Gasteiger partial charge in [0.25, 0.3) is 0 Å². The number of alkyl halides is 3. The zero-order valence-corrected chi connectivity index (χ0v) is 13.8. The molecule has 10 heteroatoms. The van der Waals surface area contributed by atoms with Crippen molar-refractivity contribution in [3.63, 3.8) is 0 Å². The van der Waals surface area contributed by atoms with Crippen LogP contribution in [0.5, 0.6) is 0 Å². The fraction of sp³-hybridized carbons (Fsp3) is 0.400. The number of fused-ring (bicyclic) bond motifs is 1. The van der Waals surface area contributed by atoms with Gasteiger partial charge in [-0.25, -0.2) is 4.98 Å². The Morgan fingerprint density at radius 1 is 1.32 bits per heavy atom. The van der Waals surface area contributed by atoms with E-state index in [9.17, 15) is 13.2 Å². The van der Waals surface area contributed by atoms with E-state index in [1.54, 1.807) is 12.3 Å². The Bertz CT molecular complexity index is 784. The van der Waals surface area contributed by atoms with Gasteiger partial charge in [-0.05, 0) is 7.05 Å². The van der Waals surface area contributed by atoms with Gasteiger partial charge >= 0.3 is 6.18 Å². The monoisotopic (exact) mass is 353 g/mol. The molecule has 0 bridgehead atoms. The van der Waals surface area contributed by atoms with E-state index in [-0.39, 0.29) is 17.8 Å². The standard InChI is InChI=1S/C15H18F3N7/c1-4-11-12-10(8-21-25(12)6-5-24(11)3)22-14-20-7-9(15(16,17)18)13(19-2)23-14/h4,7-8,11H,1,5-6H2,2-3H3,(H2,19,20,22,23). The number of aromatic nitrogens is 4. The lowest BCUT2D eigenvalue weighted by Crippen LogP contribution is -2.34. The molecule has 3 rings (SSSR count). The predicted molar refractivity (Wildman–Crippen MR) is 87.7 cm³/mol. The summed E-state index contributed by atoms with van der Waals surface area (Å²) in [5, 5.41) is 9.73. The van der Waals surface area contributed by atoms with Crippen LogP contribution in [0.2, 0.25) is 0 Å². The summed E-state index contributed by atoms with van der Waals surface area (Å²) in [5.74, 6) is -0.229. The van der Waals surface area contributed by atoms with Gasteiger partial charge in [0, 0.05) is 19.8 Å². The van der Waals surface area contributed by atoms with Crippen LogP contribution in [0.25, 0.3) is 0 Å². The summed E-state index contributed by atoms with van der Waals surface area (Å²) in [6.07, 6.45) is -0.353. The number of hydrogen-bond donors (Lipinski definition) is 2. The van der Waals surface area contributed by atoms with Crippen molar-refractivity contribution in [2.75, 3.05) is 31.3 Å². The smallest absolute Gasteiger partial charge is 0.372 e. The van der Waals surface area contributed by atoms with Crippen LogP contribution in [-0.4, -0.2) is 45.3 Å². The molecule has 0 amide bonds. The molecule has 0 spiro atoms. The maximum absolute atomic E-state index is 12.9. The van der Waals surface area contributed by atoms with E-state index in [1.165, 1.54) is 7.05 Å². The third-order valence-electron chi connectivity index (χ3n) is 4.10. The van der Waals surface area contributed by atoms with Gasteiger partial charge in [0.05, 0.1) is 30.2 Å². The molecule has 0 radical (unpaired) electrons. The Hall–Kier alpha value is -2.62. The van der Waals surface area contributed by atoms with Crippen molar-refractivity contribution in [3.05, 3.63) is 36.3 Å². The molecule has 25 heavy (non-hydrogen) atoms. The highest BCUT2D eigenvalue weighted by atomic mass is 19.4. The van der Waals surface area contributed by atoms with Crippen LogP contribution < -0.4 is 10.6 Å². The van der Waals surface area contributed by atoms with Gasteiger partial charge < -0.3 is 10.6 Å². The summed E-state index contributed by atoms with van der Waals surface area (Å²) < 4.78 is 40.7. The molecule has 0 aromatic carbocycles. The minimum atomic E-state index is -4.52. The van der Waals surface area contributed by atoms with Crippen LogP contribution in [0.15, 0.2) is 25.0 Å². The van der Waals surface area contributed by atoms with Gasteiger partial charge in [-0.3, -0.25) is 9.58 Å². The van der Waals surface area contributed by atoms with Crippen LogP contribution >= 0.6 is 0 Å². The highest BCUT2D eigenvalue weighted by molar-refractivity contribution is 5.59. The lowest BCUT2D eigenvalue weighted by atomic mass is 10.1. The fourth-order valence-electron chi connectivity index (χ4n) is 2.83.